The van der Waals surface area contributed by atoms with Crippen molar-refractivity contribution >= 4 is 51.2 Å². The predicted octanol–water partition coefficient (Wildman–Crippen LogP) is 4.83. The average molecular weight is 536 g/mol. The lowest BCUT2D eigenvalue weighted by atomic mass is 9.87. The van der Waals surface area contributed by atoms with E-state index in [1.807, 2.05) is 47.0 Å². The Balaban J connectivity index is 1.34. The Morgan fingerprint density at radius 3 is 3.09 bits per heavy atom. The van der Waals surface area contributed by atoms with Gasteiger partial charge in [-0.2, -0.15) is 0 Å². The van der Waals surface area contributed by atoms with Crippen LogP contribution in [0.2, 0.25) is 0 Å². The Bertz CT molecular complexity index is 1180. The zero-order chi connectivity index (χ0) is 23.3. The number of nitrogens with zero attached hydrogens (tertiary/aromatic N) is 4. The molecule has 1 amide bonds. The first-order chi connectivity index (χ1) is 16.7. The van der Waals surface area contributed by atoms with Crippen LogP contribution in [0.1, 0.15) is 23.3 Å². The van der Waals surface area contributed by atoms with Crippen LogP contribution in [0.15, 0.2) is 80.1 Å². The van der Waals surface area contributed by atoms with Crippen molar-refractivity contribution in [1.29, 1.82) is 0 Å². The summed E-state index contributed by atoms with van der Waals surface area (Å²) in [4.78, 5) is 29.7. The van der Waals surface area contributed by atoms with E-state index in [0.717, 1.165) is 51.4 Å². The second-order valence-electron chi connectivity index (χ2n) is 8.60. The van der Waals surface area contributed by atoms with E-state index in [0.29, 0.717) is 19.6 Å². The molecule has 0 radical (unpaired) electrons. The van der Waals surface area contributed by atoms with Crippen LogP contribution in [-0.2, 0) is 11.3 Å². The largest absolute Gasteiger partial charge is 0.384 e. The van der Waals surface area contributed by atoms with Gasteiger partial charge in [-0.05, 0) is 64.0 Å². The fraction of sp³-hybridized carbons (Fsp3) is 0.308. The molecule has 34 heavy (non-hydrogen) atoms. The Labute approximate surface area is 212 Å². The maximum Gasteiger partial charge on any atom is 0.246 e. The zero-order valence-electron chi connectivity index (χ0n) is 18.7. The lowest BCUT2D eigenvalue weighted by Crippen LogP contribution is -2.42. The van der Waals surface area contributed by atoms with Gasteiger partial charge >= 0.3 is 0 Å². The van der Waals surface area contributed by atoms with E-state index in [9.17, 15) is 4.79 Å². The molecule has 6 nitrogen and oxygen atoms in total. The van der Waals surface area contributed by atoms with E-state index in [1.54, 1.807) is 23.6 Å². The number of likely N-dealkylation sites (tertiary alicyclic amines) is 1. The molecular formula is C26H26BrN5OS. The van der Waals surface area contributed by atoms with Crippen molar-refractivity contribution < 1.29 is 4.79 Å². The molecule has 1 N–H and O–H groups in total. The summed E-state index contributed by atoms with van der Waals surface area (Å²) < 4.78 is 0.928. The van der Waals surface area contributed by atoms with E-state index >= 15 is 0 Å². The van der Waals surface area contributed by atoms with Crippen molar-refractivity contribution in [3.8, 4) is 0 Å². The van der Waals surface area contributed by atoms with Crippen LogP contribution in [0.3, 0.4) is 0 Å². The quantitative estimate of drug-likeness (QED) is 0.538. The number of aromatic nitrogens is 1. The van der Waals surface area contributed by atoms with Crippen LogP contribution in [0.5, 0.6) is 0 Å². The average Bonchev–Trinajstić information content (AvgIpc) is 3.41. The van der Waals surface area contributed by atoms with Gasteiger partial charge in [0.05, 0.1) is 22.6 Å². The number of amides is 1. The molecule has 0 bridgehead atoms. The SMILES string of the molecule is O=C(/C=C/c1cccs1)N1CCCC(C2=NC3=C(Br)C=NCC3C(NCc3cccnc3)=C2)C1. The molecule has 0 aliphatic carbocycles. The molecule has 3 aliphatic heterocycles. The second-order valence-corrected chi connectivity index (χ2v) is 10.4. The van der Waals surface area contributed by atoms with Gasteiger partial charge in [0.1, 0.15) is 0 Å². The molecule has 0 spiro atoms. The number of nitrogens with one attached hydrogen (secondary N) is 1. The van der Waals surface area contributed by atoms with Crippen molar-refractivity contribution in [2.45, 2.75) is 19.4 Å². The predicted molar refractivity (Wildman–Crippen MR) is 142 cm³/mol. The van der Waals surface area contributed by atoms with Gasteiger partial charge in [0.2, 0.25) is 5.91 Å². The van der Waals surface area contributed by atoms with Gasteiger partial charge in [0, 0.05) is 66.5 Å². The van der Waals surface area contributed by atoms with E-state index in [-0.39, 0.29) is 17.7 Å². The number of carbonyl (C=O) groups excluding carboxylic acids is 1. The van der Waals surface area contributed by atoms with Gasteiger partial charge < -0.3 is 10.2 Å². The Morgan fingerprint density at radius 2 is 2.26 bits per heavy atom. The lowest BCUT2D eigenvalue weighted by molar-refractivity contribution is -0.127. The molecule has 2 aromatic rings. The molecule has 2 aromatic heterocycles. The first kappa shape index (κ1) is 22.9. The third-order valence-electron chi connectivity index (χ3n) is 6.30. The normalized spacial score (nSPS) is 22.4. The van der Waals surface area contributed by atoms with Crippen molar-refractivity contribution in [2.24, 2.45) is 21.8 Å². The highest BCUT2D eigenvalue weighted by atomic mass is 79.9. The van der Waals surface area contributed by atoms with Crippen LogP contribution < -0.4 is 5.32 Å². The van der Waals surface area contributed by atoms with Crippen LogP contribution >= 0.6 is 27.3 Å². The maximum atomic E-state index is 12.9. The first-order valence-corrected chi connectivity index (χ1v) is 13.2. The van der Waals surface area contributed by atoms with Crippen LogP contribution in [0.4, 0.5) is 0 Å². The number of fused-ring (bicyclic) bond motifs is 1. The van der Waals surface area contributed by atoms with E-state index in [4.69, 9.17) is 4.99 Å². The van der Waals surface area contributed by atoms with Gasteiger partial charge in [-0.3, -0.25) is 19.8 Å². The highest BCUT2D eigenvalue weighted by molar-refractivity contribution is 9.12. The number of pyridine rings is 1. The van der Waals surface area contributed by atoms with Crippen molar-refractivity contribution in [3.63, 3.8) is 0 Å². The molecule has 2 unspecified atom stereocenters. The Kier molecular flexibility index (Phi) is 7.16. The van der Waals surface area contributed by atoms with Crippen molar-refractivity contribution in [3.05, 3.63) is 80.5 Å². The highest BCUT2D eigenvalue weighted by Crippen LogP contribution is 2.34. The first-order valence-electron chi connectivity index (χ1n) is 11.5. The van der Waals surface area contributed by atoms with E-state index in [1.165, 1.54) is 0 Å². The minimum absolute atomic E-state index is 0.0662. The fourth-order valence-electron chi connectivity index (χ4n) is 4.52. The number of rotatable bonds is 6. The molecule has 1 saturated heterocycles. The fourth-order valence-corrected chi connectivity index (χ4v) is 5.65. The minimum atomic E-state index is 0.0662. The molecule has 1 fully saturated rings. The van der Waals surface area contributed by atoms with Gasteiger partial charge in [-0.15, -0.1) is 11.3 Å². The van der Waals surface area contributed by atoms with Crippen molar-refractivity contribution in [2.75, 3.05) is 19.6 Å². The summed E-state index contributed by atoms with van der Waals surface area (Å²) in [5.41, 5.74) is 4.30. The second kappa shape index (κ2) is 10.6. The minimum Gasteiger partial charge on any atom is -0.384 e. The number of aliphatic imine (C=N–C) groups is 2. The summed E-state index contributed by atoms with van der Waals surface area (Å²) in [7, 11) is 0. The van der Waals surface area contributed by atoms with Crippen molar-refractivity contribution in [1.82, 2.24) is 15.2 Å². The summed E-state index contributed by atoms with van der Waals surface area (Å²) >= 11 is 5.30. The smallest absolute Gasteiger partial charge is 0.246 e. The van der Waals surface area contributed by atoms with Crippen LogP contribution in [0, 0.1) is 11.8 Å². The van der Waals surface area contributed by atoms with Gasteiger partial charge in [0.15, 0.2) is 0 Å². The zero-order valence-corrected chi connectivity index (χ0v) is 21.1. The number of dihydropyridines is 2. The Morgan fingerprint density at radius 1 is 1.32 bits per heavy atom. The number of hydrogen-bond acceptors (Lipinski definition) is 6. The van der Waals surface area contributed by atoms with Crippen LogP contribution in [-0.4, -0.2) is 47.4 Å². The lowest BCUT2D eigenvalue weighted by Gasteiger charge is -2.35. The van der Waals surface area contributed by atoms with E-state index in [2.05, 4.69) is 43.4 Å². The summed E-state index contributed by atoms with van der Waals surface area (Å²) in [5, 5.41) is 5.64. The molecule has 0 aromatic carbocycles. The van der Waals surface area contributed by atoms with Gasteiger partial charge in [0.25, 0.3) is 0 Å². The summed E-state index contributed by atoms with van der Waals surface area (Å²) in [6, 6.07) is 8.03. The summed E-state index contributed by atoms with van der Waals surface area (Å²) in [6.45, 7) is 2.84. The Hall–Kier alpha value is -2.84. The molecule has 174 valence electrons. The van der Waals surface area contributed by atoms with Crippen LogP contribution in [0.25, 0.3) is 6.08 Å². The molecule has 2 atom stereocenters. The molecule has 5 rings (SSSR count). The number of halogens is 1. The molecule has 5 heterocycles. The molecule has 8 heteroatoms. The third-order valence-corrected chi connectivity index (χ3v) is 7.75. The van der Waals surface area contributed by atoms with Gasteiger partial charge in [-0.25, -0.2) is 0 Å². The monoisotopic (exact) mass is 535 g/mol. The van der Waals surface area contributed by atoms with Gasteiger partial charge in [-0.1, -0.05) is 12.1 Å². The standard InChI is InChI=1S/C26H26BrN5OS/c27-22-16-29-15-21-24(30-14-18-4-1-9-28-13-18)12-23(31-26(21)22)19-5-2-10-32(17-19)25(33)8-7-20-6-3-11-34-20/h1,3-4,6-9,11-13,16,19,21,30H,2,5,10,14-15,17H2/b8-7+. The summed E-state index contributed by atoms with van der Waals surface area (Å²) in [6.07, 6.45) is 13.3. The number of allylic oxidation sites excluding steroid dienone is 2. The van der Waals surface area contributed by atoms with E-state index < -0.39 is 0 Å². The molecule has 3 aliphatic rings. The topological polar surface area (TPSA) is 70.0 Å². The molecular weight excluding hydrogens is 510 g/mol. The number of hydrogen-bond donors (Lipinski definition) is 1. The number of thiophene rings is 1. The third kappa shape index (κ3) is 5.28. The number of piperidine rings is 1. The highest BCUT2D eigenvalue weighted by Gasteiger charge is 2.32. The molecule has 0 saturated carbocycles. The summed E-state index contributed by atoms with van der Waals surface area (Å²) in [5.74, 6) is 0.377. The number of carbonyl (C=O) groups is 1. The maximum absolute atomic E-state index is 12.9.